The highest BCUT2D eigenvalue weighted by molar-refractivity contribution is 6.31. The predicted molar refractivity (Wildman–Crippen MR) is 56.4 cm³/mol. The number of hydrogen-bond acceptors (Lipinski definition) is 2. The molecule has 0 bridgehead atoms. The van der Waals surface area contributed by atoms with Gasteiger partial charge >= 0.3 is 6.18 Å². The van der Waals surface area contributed by atoms with Crippen LogP contribution in [0.3, 0.4) is 0 Å². The Balaban J connectivity index is 2.83. The molecule has 0 aliphatic carbocycles. The Kier molecular flexibility index (Phi) is 4.15. The van der Waals surface area contributed by atoms with E-state index in [0.29, 0.717) is 6.54 Å². The van der Waals surface area contributed by atoms with Crippen molar-refractivity contribution in [2.45, 2.75) is 19.1 Å². The molecule has 2 nitrogen and oxygen atoms in total. The van der Waals surface area contributed by atoms with Gasteiger partial charge < -0.3 is 4.90 Å². The van der Waals surface area contributed by atoms with Gasteiger partial charge in [-0.25, -0.2) is 0 Å². The molecule has 0 unspecified atom stereocenters. The molecule has 0 atom stereocenters. The molecule has 0 aromatic carbocycles. The molecular weight excluding hydrogens is 241 g/mol. The van der Waals surface area contributed by atoms with Crippen LogP contribution in [0.2, 0.25) is 5.02 Å². The van der Waals surface area contributed by atoms with Crippen LogP contribution in [0.4, 0.5) is 13.2 Å². The van der Waals surface area contributed by atoms with Crippen LogP contribution in [0.1, 0.15) is 11.3 Å². The summed E-state index contributed by atoms with van der Waals surface area (Å²) in [4.78, 5) is 5.62. The molecule has 16 heavy (non-hydrogen) atoms. The quantitative estimate of drug-likeness (QED) is 0.822. The summed E-state index contributed by atoms with van der Waals surface area (Å²) in [5.41, 5.74) is 0.664. The number of halogens is 4. The highest BCUT2D eigenvalue weighted by Gasteiger charge is 2.29. The van der Waals surface area contributed by atoms with Gasteiger partial charge in [0.05, 0.1) is 17.1 Å². The van der Waals surface area contributed by atoms with Gasteiger partial charge in [-0.1, -0.05) is 11.6 Å². The molecule has 0 aliphatic heterocycles. The SMILES string of the molecule is CN(C)Cc1cnc(CC(F)(F)F)c(Cl)c1. The number of aromatic nitrogens is 1. The molecule has 90 valence electrons. The fourth-order valence-electron chi connectivity index (χ4n) is 1.28. The van der Waals surface area contributed by atoms with E-state index >= 15 is 0 Å². The van der Waals surface area contributed by atoms with Crippen LogP contribution in [0.5, 0.6) is 0 Å². The van der Waals surface area contributed by atoms with Crippen LogP contribution in [0.15, 0.2) is 12.3 Å². The zero-order valence-electron chi connectivity index (χ0n) is 8.98. The van der Waals surface area contributed by atoms with Crippen molar-refractivity contribution >= 4 is 11.6 Å². The number of alkyl halides is 3. The lowest BCUT2D eigenvalue weighted by Gasteiger charge is -2.11. The van der Waals surface area contributed by atoms with Gasteiger partial charge in [0.15, 0.2) is 0 Å². The molecular formula is C10H12ClF3N2. The lowest BCUT2D eigenvalue weighted by molar-refractivity contribution is -0.127. The Morgan fingerprint density at radius 3 is 2.44 bits per heavy atom. The van der Waals surface area contributed by atoms with Gasteiger partial charge in [-0.05, 0) is 25.7 Å². The van der Waals surface area contributed by atoms with Crippen LogP contribution >= 0.6 is 11.6 Å². The first-order valence-corrected chi connectivity index (χ1v) is 5.00. The third-order valence-electron chi connectivity index (χ3n) is 1.84. The summed E-state index contributed by atoms with van der Waals surface area (Å²) in [5.74, 6) is 0. The monoisotopic (exact) mass is 252 g/mol. The number of pyridine rings is 1. The Morgan fingerprint density at radius 2 is 2.00 bits per heavy atom. The first-order valence-electron chi connectivity index (χ1n) is 4.63. The van der Waals surface area contributed by atoms with E-state index in [1.165, 1.54) is 12.3 Å². The lowest BCUT2D eigenvalue weighted by Crippen LogP contribution is -2.14. The van der Waals surface area contributed by atoms with Crippen LogP contribution in [0, 0.1) is 0 Å². The van der Waals surface area contributed by atoms with Gasteiger partial charge in [-0.2, -0.15) is 13.2 Å². The maximum absolute atomic E-state index is 12.1. The van der Waals surface area contributed by atoms with Crippen LogP contribution in [0.25, 0.3) is 0 Å². The maximum Gasteiger partial charge on any atom is 0.394 e. The summed E-state index contributed by atoms with van der Waals surface area (Å²) in [6.07, 6.45) is -3.94. The molecule has 0 saturated carbocycles. The van der Waals surface area contributed by atoms with Crippen molar-refractivity contribution in [2.75, 3.05) is 14.1 Å². The third-order valence-corrected chi connectivity index (χ3v) is 2.17. The average Bonchev–Trinajstić information content (AvgIpc) is 2.06. The topological polar surface area (TPSA) is 16.1 Å². The highest BCUT2D eigenvalue weighted by atomic mass is 35.5. The van der Waals surface area contributed by atoms with Crippen molar-refractivity contribution in [3.63, 3.8) is 0 Å². The van der Waals surface area contributed by atoms with E-state index in [1.54, 1.807) is 0 Å². The van der Waals surface area contributed by atoms with Crippen molar-refractivity contribution in [3.05, 3.63) is 28.5 Å². The normalized spacial score (nSPS) is 12.2. The van der Waals surface area contributed by atoms with E-state index in [-0.39, 0.29) is 10.7 Å². The summed E-state index contributed by atoms with van der Waals surface area (Å²) in [6.45, 7) is 0.596. The van der Waals surface area contributed by atoms with Gasteiger partial charge in [-0.3, -0.25) is 4.98 Å². The van der Waals surface area contributed by atoms with Crippen molar-refractivity contribution < 1.29 is 13.2 Å². The fraction of sp³-hybridized carbons (Fsp3) is 0.500. The molecule has 0 aliphatic rings. The second kappa shape index (κ2) is 5.01. The molecule has 0 saturated heterocycles. The average molecular weight is 253 g/mol. The fourth-order valence-corrected chi connectivity index (χ4v) is 1.53. The molecule has 1 rings (SSSR count). The molecule has 1 aromatic heterocycles. The predicted octanol–water partition coefficient (Wildman–Crippen LogP) is 2.90. The molecule has 1 aromatic rings. The first kappa shape index (κ1) is 13.3. The molecule has 0 N–H and O–H groups in total. The zero-order chi connectivity index (χ0) is 12.3. The maximum atomic E-state index is 12.1. The Hall–Kier alpha value is -0.810. The van der Waals surface area contributed by atoms with Gasteiger partial charge in [0, 0.05) is 12.7 Å². The Bertz CT molecular complexity index is 364. The summed E-state index contributed by atoms with van der Waals surface area (Å²) in [5, 5.41) is 0.0664. The molecule has 1 heterocycles. The van der Waals surface area contributed by atoms with Crippen LogP contribution in [-0.4, -0.2) is 30.2 Å². The minimum Gasteiger partial charge on any atom is -0.305 e. The highest BCUT2D eigenvalue weighted by Crippen LogP contribution is 2.25. The Morgan fingerprint density at radius 1 is 1.38 bits per heavy atom. The van der Waals surface area contributed by atoms with Crippen LogP contribution < -0.4 is 0 Å². The van der Waals surface area contributed by atoms with E-state index in [9.17, 15) is 13.2 Å². The second-order valence-electron chi connectivity index (χ2n) is 3.80. The summed E-state index contributed by atoms with van der Waals surface area (Å²) in [6, 6.07) is 1.52. The third kappa shape index (κ3) is 4.37. The van der Waals surface area contributed by atoms with E-state index in [1.807, 2.05) is 19.0 Å². The summed E-state index contributed by atoms with van der Waals surface area (Å²) >= 11 is 5.74. The van der Waals surface area contributed by atoms with Crippen molar-refractivity contribution in [1.29, 1.82) is 0 Å². The standard InChI is InChI=1S/C10H12ClF3N2/c1-16(2)6-7-3-8(11)9(15-5-7)4-10(12,13)14/h3,5H,4,6H2,1-2H3. The van der Waals surface area contributed by atoms with Gasteiger partial charge in [0.25, 0.3) is 0 Å². The summed E-state index contributed by atoms with van der Waals surface area (Å²) < 4.78 is 36.4. The minimum absolute atomic E-state index is 0.0664. The van der Waals surface area contributed by atoms with Crippen LogP contribution in [-0.2, 0) is 13.0 Å². The molecule has 0 spiro atoms. The van der Waals surface area contributed by atoms with Crippen molar-refractivity contribution in [2.24, 2.45) is 0 Å². The number of rotatable bonds is 3. The van der Waals surface area contributed by atoms with E-state index < -0.39 is 12.6 Å². The number of hydrogen-bond donors (Lipinski definition) is 0. The van der Waals surface area contributed by atoms with Gasteiger partial charge in [0.1, 0.15) is 0 Å². The van der Waals surface area contributed by atoms with Gasteiger partial charge in [0.2, 0.25) is 0 Å². The molecule has 0 amide bonds. The number of nitrogens with zero attached hydrogens (tertiary/aromatic N) is 2. The zero-order valence-corrected chi connectivity index (χ0v) is 9.73. The molecule has 0 radical (unpaired) electrons. The van der Waals surface area contributed by atoms with E-state index in [4.69, 9.17) is 11.6 Å². The smallest absolute Gasteiger partial charge is 0.305 e. The second-order valence-corrected chi connectivity index (χ2v) is 4.21. The molecule has 0 fully saturated rings. The molecule has 6 heteroatoms. The van der Waals surface area contributed by atoms with Crippen molar-refractivity contribution in [3.8, 4) is 0 Å². The van der Waals surface area contributed by atoms with Gasteiger partial charge in [-0.15, -0.1) is 0 Å². The van der Waals surface area contributed by atoms with Crippen molar-refractivity contribution in [1.82, 2.24) is 9.88 Å². The largest absolute Gasteiger partial charge is 0.394 e. The lowest BCUT2D eigenvalue weighted by atomic mass is 10.2. The first-order chi connectivity index (χ1) is 7.28. The van der Waals surface area contributed by atoms with E-state index in [0.717, 1.165) is 5.56 Å². The van der Waals surface area contributed by atoms with E-state index in [2.05, 4.69) is 4.98 Å². The Labute approximate surface area is 97.0 Å². The summed E-state index contributed by atoms with van der Waals surface area (Å²) in [7, 11) is 3.72. The minimum atomic E-state index is -4.28.